The molecule has 0 aromatic heterocycles. The Kier molecular flexibility index (Phi) is 4.73. The van der Waals surface area contributed by atoms with Crippen molar-refractivity contribution in [1.29, 1.82) is 0 Å². The predicted octanol–water partition coefficient (Wildman–Crippen LogP) is 2.19. The zero-order valence-corrected chi connectivity index (χ0v) is 7.84. The molecule has 0 saturated carbocycles. The zero-order valence-electron chi connectivity index (χ0n) is 6.13. The molecule has 0 aliphatic rings. The second-order valence-electron chi connectivity index (χ2n) is 2.29. The maximum absolute atomic E-state index is 9.44. The van der Waals surface area contributed by atoms with E-state index in [1.165, 1.54) is 0 Å². The third-order valence-corrected chi connectivity index (χ3v) is 4.53. The Hall–Kier alpha value is 0.610. The van der Waals surface area contributed by atoms with E-state index in [-0.39, 0.29) is 0 Å². The highest BCUT2D eigenvalue weighted by Gasteiger charge is 2.08. The van der Waals surface area contributed by atoms with Crippen molar-refractivity contribution in [3.8, 4) is 0 Å². The van der Waals surface area contributed by atoms with Crippen LogP contribution in [0.25, 0.3) is 0 Å². The molecule has 1 N–H and O–H groups in total. The molecule has 0 radical (unpaired) electrons. The van der Waals surface area contributed by atoms with Crippen LogP contribution in [0.1, 0.15) is 26.7 Å². The first-order chi connectivity index (χ1) is 4.12. The monoisotopic (exact) mass is 166 g/mol. The lowest BCUT2D eigenvalue weighted by Gasteiger charge is -2.11. The van der Waals surface area contributed by atoms with Crippen LogP contribution in [0.2, 0.25) is 0 Å². The predicted molar refractivity (Wildman–Crippen MR) is 46.8 cm³/mol. The molecule has 3 heteroatoms. The molecule has 0 aromatic carbocycles. The topological polar surface area (TPSA) is 20.2 Å². The minimum absolute atomic E-state index is 0.857. The fourth-order valence-electron chi connectivity index (χ4n) is 0.811. The Morgan fingerprint density at radius 2 is 1.56 bits per heavy atom. The molecule has 0 atom stereocenters. The van der Waals surface area contributed by atoms with Crippen molar-refractivity contribution in [2.45, 2.75) is 26.7 Å². The summed E-state index contributed by atoms with van der Waals surface area (Å²) in [6.45, 7) is 4.12. The third-order valence-electron chi connectivity index (χ3n) is 1.15. The number of hydrogen-bond donors (Lipinski definition) is 1. The van der Waals surface area contributed by atoms with Gasteiger partial charge in [-0.2, -0.15) is 0 Å². The molecule has 0 amide bonds. The van der Waals surface area contributed by atoms with Crippen LogP contribution in [-0.2, 0) is 11.8 Å². The van der Waals surface area contributed by atoms with Crippen LogP contribution in [-0.4, -0.2) is 17.2 Å². The average Bonchev–Trinajstić information content (AvgIpc) is 1.64. The highest BCUT2D eigenvalue weighted by atomic mass is 32.4. The first kappa shape index (κ1) is 9.61. The summed E-state index contributed by atoms with van der Waals surface area (Å²) >= 11 is 5.01. The molecule has 0 saturated heterocycles. The van der Waals surface area contributed by atoms with Crippen molar-refractivity contribution in [2.24, 2.45) is 0 Å². The van der Waals surface area contributed by atoms with Gasteiger partial charge in [-0.05, 0) is 25.2 Å². The second-order valence-corrected chi connectivity index (χ2v) is 6.92. The Balaban J connectivity index is 3.58. The smallest absolute Gasteiger partial charge is 0.0636 e. The van der Waals surface area contributed by atoms with Crippen LogP contribution in [0.3, 0.4) is 0 Å². The molecule has 0 aliphatic heterocycles. The first-order valence-electron chi connectivity index (χ1n) is 3.43. The van der Waals surface area contributed by atoms with Crippen LogP contribution in [0, 0.1) is 0 Å². The summed E-state index contributed by atoms with van der Waals surface area (Å²) in [5, 5.41) is 0. The quantitative estimate of drug-likeness (QED) is 0.646. The van der Waals surface area contributed by atoms with Gasteiger partial charge in [-0.3, -0.25) is 0 Å². The van der Waals surface area contributed by atoms with E-state index in [0.717, 1.165) is 25.2 Å². The molecule has 0 spiro atoms. The van der Waals surface area contributed by atoms with Crippen molar-refractivity contribution >= 4 is 18.1 Å². The van der Waals surface area contributed by atoms with E-state index in [1.807, 2.05) is 0 Å². The molecular weight excluding hydrogens is 151 g/mol. The molecule has 0 aromatic rings. The van der Waals surface area contributed by atoms with Gasteiger partial charge in [-0.15, -0.1) is 0 Å². The van der Waals surface area contributed by atoms with Crippen LogP contribution in [0.4, 0.5) is 0 Å². The first-order valence-corrected chi connectivity index (χ1v) is 6.55. The Morgan fingerprint density at radius 1 is 1.22 bits per heavy atom. The van der Waals surface area contributed by atoms with Crippen molar-refractivity contribution in [3.63, 3.8) is 0 Å². The van der Waals surface area contributed by atoms with Gasteiger partial charge in [0.05, 0.1) is 6.26 Å². The van der Waals surface area contributed by atoms with Gasteiger partial charge in [0.2, 0.25) is 0 Å². The summed E-state index contributed by atoms with van der Waals surface area (Å²) in [6, 6.07) is 0. The maximum atomic E-state index is 9.44. The molecule has 0 unspecified atom stereocenters. The molecule has 0 heterocycles. The standard InChI is InChI=1S/C6H15OPS/c1-3-5-8(7,9)6-4-2/h3-6H2,1-2H3,(H,7,9). The van der Waals surface area contributed by atoms with E-state index >= 15 is 0 Å². The molecular formula is C6H15OPS. The summed E-state index contributed by atoms with van der Waals surface area (Å²) in [5.41, 5.74) is 0. The van der Waals surface area contributed by atoms with Crippen molar-refractivity contribution in [3.05, 3.63) is 0 Å². The normalized spacial score (nSPS) is 11.9. The lowest BCUT2D eigenvalue weighted by atomic mass is 10.6. The van der Waals surface area contributed by atoms with Gasteiger partial charge < -0.3 is 4.89 Å². The fourth-order valence-corrected chi connectivity index (χ4v) is 3.53. The lowest BCUT2D eigenvalue weighted by Crippen LogP contribution is -1.90. The highest BCUT2D eigenvalue weighted by Crippen LogP contribution is 2.41. The van der Waals surface area contributed by atoms with Gasteiger partial charge in [0.25, 0.3) is 0 Å². The van der Waals surface area contributed by atoms with Crippen LogP contribution in [0.15, 0.2) is 0 Å². The molecule has 0 rings (SSSR count). The Bertz CT molecular complexity index is 104. The second kappa shape index (κ2) is 4.43. The SMILES string of the molecule is CCCP(O)(=S)CCC. The number of rotatable bonds is 4. The van der Waals surface area contributed by atoms with Gasteiger partial charge in [0.1, 0.15) is 0 Å². The van der Waals surface area contributed by atoms with E-state index in [9.17, 15) is 4.89 Å². The van der Waals surface area contributed by atoms with Gasteiger partial charge >= 0.3 is 0 Å². The van der Waals surface area contributed by atoms with E-state index in [0.29, 0.717) is 0 Å². The maximum Gasteiger partial charge on any atom is 0.0636 e. The van der Waals surface area contributed by atoms with Gasteiger partial charge in [-0.1, -0.05) is 25.7 Å². The molecule has 0 bridgehead atoms. The summed E-state index contributed by atoms with van der Waals surface area (Å²) in [4.78, 5) is 9.44. The van der Waals surface area contributed by atoms with Crippen LogP contribution >= 0.6 is 6.26 Å². The van der Waals surface area contributed by atoms with Crippen molar-refractivity contribution < 1.29 is 4.89 Å². The van der Waals surface area contributed by atoms with E-state index < -0.39 is 6.26 Å². The lowest BCUT2D eigenvalue weighted by molar-refractivity contribution is 0.616. The third kappa shape index (κ3) is 5.07. The zero-order chi connectivity index (χ0) is 7.33. The van der Waals surface area contributed by atoms with Crippen molar-refractivity contribution in [1.82, 2.24) is 0 Å². The van der Waals surface area contributed by atoms with Crippen molar-refractivity contribution in [2.75, 3.05) is 12.3 Å². The highest BCUT2D eigenvalue weighted by molar-refractivity contribution is 8.11. The molecule has 0 fully saturated rings. The van der Waals surface area contributed by atoms with Crippen LogP contribution in [0.5, 0.6) is 0 Å². The van der Waals surface area contributed by atoms with Gasteiger partial charge in [-0.25, -0.2) is 0 Å². The molecule has 56 valence electrons. The van der Waals surface area contributed by atoms with E-state index in [2.05, 4.69) is 13.8 Å². The largest absolute Gasteiger partial charge is 0.365 e. The molecule has 0 aliphatic carbocycles. The van der Waals surface area contributed by atoms with Gasteiger partial charge in [0, 0.05) is 0 Å². The van der Waals surface area contributed by atoms with E-state index in [1.54, 1.807) is 0 Å². The summed E-state index contributed by atoms with van der Waals surface area (Å²) in [7, 11) is 0. The Morgan fingerprint density at radius 3 is 1.78 bits per heavy atom. The minimum atomic E-state index is -1.86. The van der Waals surface area contributed by atoms with Gasteiger partial charge in [0.15, 0.2) is 0 Å². The molecule has 9 heavy (non-hydrogen) atoms. The summed E-state index contributed by atoms with van der Waals surface area (Å²) in [5.74, 6) is 0. The minimum Gasteiger partial charge on any atom is -0.365 e. The Labute approximate surface area is 62.6 Å². The fraction of sp³-hybridized carbons (Fsp3) is 1.00. The number of hydrogen-bond acceptors (Lipinski definition) is 1. The van der Waals surface area contributed by atoms with Crippen LogP contribution < -0.4 is 0 Å². The van der Waals surface area contributed by atoms with E-state index in [4.69, 9.17) is 11.8 Å². The average molecular weight is 166 g/mol. The molecule has 1 nitrogen and oxygen atoms in total. The summed E-state index contributed by atoms with van der Waals surface area (Å²) in [6.07, 6.45) is 1.90. The summed E-state index contributed by atoms with van der Waals surface area (Å²) < 4.78 is 0.